The van der Waals surface area contributed by atoms with Crippen LogP contribution in [0.1, 0.15) is 10.4 Å². The number of nitrogens with one attached hydrogen (secondary N) is 2. The van der Waals surface area contributed by atoms with E-state index in [-0.39, 0.29) is 17.2 Å². The Morgan fingerprint density at radius 2 is 2.32 bits per heavy atom. The molecule has 2 aromatic rings. The van der Waals surface area contributed by atoms with E-state index in [1.807, 2.05) is 4.57 Å². The van der Waals surface area contributed by atoms with Crippen LogP contribution in [0.3, 0.4) is 0 Å². The van der Waals surface area contributed by atoms with Gasteiger partial charge in [-0.25, -0.2) is 9.37 Å². The number of halogens is 1. The highest BCUT2D eigenvalue weighted by Gasteiger charge is 2.13. The van der Waals surface area contributed by atoms with Crippen molar-refractivity contribution in [2.75, 3.05) is 12.0 Å². The molecule has 1 aromatic carbocycles. The van der Waals surface area contributed by atoms with Gasteiger partial charge in [0.2, 0.25) is 0 Å². The van der Waals surface area contributed by atoms with Crippen molar-refractivity contribution in [3.8, 4) is 0 Å². The summed E-state index contributed by atoms with van der Waals surface area (Å²) in [5.41, 5.74) is 2.36. The first kappa shape index (κ1) is 13.0. The van der Waals surface area contributed by atoms with E-state index in [4.69, 9.17) is 5.84 Å². The molecule has 19 heavy (non-hydrogen) atoms. The number of nitrogen functional groups attached to an aromatic ring is 1. The number of hydrogen-bond donors (Lipinski definition) is 3. The molecule has 0 saturated heterocycles. The van der Waals surface area contributed by atoms with Gasteiger partial charge in [0.15, 0.2) is 0 Å². The monoisotopic (exact) mass is 263 g/mol. The summed E-state index contributed by atoms with van der Waals surface area (Å²) in [5, 5.41) is 2.69. The largest absolute Gasteiger partial charge is 0.350 e. The first-order chi connectivity index (χ1) is 9.22. The van der Waals surface area contributed by atoms with Crippen molar-refractivity contribution in [3.63, 3.8) is 0 Å². The zero-order valence-electron chi connectivity index (χ0n) is 10.1. The smallest absolute Gasteiger partial charge is 0.253 e. The van der Waals surface area contributed by atoms with Crippen molar-refractivity contribution in [3.05, 3.63) is 48.3 Å². The predicted octanol–water partition coefficient (Wildman–Crippen LogP) is 0.738. The van der Waals surface area contributed by atoms with Crippen molar-refractivity contribution in [1.29, 1.82) is 0 Å². The fourth-order valence-corrected chi connectivity index (χ4v) is 1.67. The molecule has 0 fully saturated rings. The molecular formula is C12H14FN5O. The molecule has 100 valence electrons. The zero-order valence-corrected chi connectivity index (χ0v) is 10.1. The molecule has 0 aliphatic rings. The van der Waals surface area contributed by atoms with Crippen molar-refractivity contribution >= 4 is 11.6 Å². The second-order valence-electron chi connectivity index (χ2n) is 3.86. The number of carbonyl (C=O) groups is 1. The van der Waals surface area contributed by atoms with Crippen LogP contribution in [0.2, 0.25) is 0 Å². The number of imidazole rings is 1. The number of rotatable bonds is 5. The SMILES string of the molecule is NNc1c(F)cccc1C(=O)NCCn1ccnc1. The van der Waals surface area contributed by atoms with Gasteiger partial charge in [-0.15, -0.1) is 0 Å². The summed E-state index contributed by atoms with van der Waals surface area (Å²) in [6, 6.07) is 4.20. The van der Waals surface area contributed by atoms with E-state index in [9.17, 15) is 9.18 Å². The lowest BCUT2D eigenvalue weighted by molar-refractivity contribution is 0.0952. The quantitative estimate of drug-likeness (QED) is 0.548. The molecule has 0 spiro atoms. The second-order valence-corrected chi connectivity index (χ2v) is 3.86. The first-order valence-electron chi connectivity index (χ1n) is 5.71. The van der Waals surface area contributed by atoms with Gasteiger partial charge in [0.25, 0.3) is 5.91 Å². The van der Waals surface area contributed by atoms with Crippen molar-refractivity contribution in [1.82, 2.24) is 14.9 Å². The third kappa shape index (κ3) is 3.08. The van der Waals surface area contributed by atoms with Crippen LogP contribution in [0.15, 0.2) is 36.9 Å². The Hall–Kier alpha value is -2.41. The number of para-hydroxylation sites is 1. The van der Waals surface area contributed by atoms with Crippen LogP contribution in [-0.2, 0) is 6.54 Å². The highest BCUT2D eigenvalue weighted by atomic mass is 19.1. The third-order valence-corrected chi connectivity index (χ3v) is 2.62. The number of benzene rings is 1. The Bertz CT molecular complexity index is 555. The predicted molar refractivity (Wildman–Crippen MR) is 68.8 cm³/mol. The van der Waals surface area contributed by atoms with Crippen LogP contribution in [0.25, 0.3) is 0 Å². The van der Waals surface area contributed by atoms with Gasteiger partial charge in [0.1, 0.15) is 5.82 Å². The van der Waals surface area contributed by atoms with Gasteiger partial charge in [-0.2, -0.15) is 0 Å². The number of nitrogens with two attached hydrogens (primary N) is 1. The zero-order chi connectivity index (χ0) is 13.7. The van der Waals surface area contributed by atoms with E-state index < -0.39 is 5.82 Å². The average molecular weight is 263 g/mol. The number of hydrazine groups is 1. The van der Waals surface area contributed by atoms with Crippen LogP contribution in [0.4, 0.5) is 10.1 Å². The van der Waals surface area contributed by atoms with Crippen LogP contribution in [0.5, 0.6) is 0 Å². The molecular weight excluding hydrogens is 249 g/mol. The minimum atomic E-state index is -0.565. The minimum Gasteiger partial charge on any atom is -0.350 e. The number of anilines is 1. The highest BCUT2D eigenvalue weighted by molar-refractivity contribution is 5.99. The molecule has 0 bridgehead atoms. The Kier molecular flexibility index (Phi) is 4.09. The van der Waals surface area contributed by atoms with E-state index in [1.165, 1.54) is 18.2 Å². The summed E-state index contributed by atoms with van der Waals surface area (Å²) < 4.78 is 15.2. The molecule has 1 amide bonds. The molecule has 1 aromatic heterocycles. The van der Waals surface area contributed by atoms with E-state index in [0.717, 1.165) is 0 Å². The lowest BCUT2D eigenvalue weighted by atomic mass is 10.1. The van der Waals surface area contributed by atoms with E-state index in [2.05, 4.69) is 15.7 Å². The van der Waals surface area contributed by atoms with Gasteiger partial charge in [-0.05, 0) is 12.1 Å². The van der Waals surface area contributed by atoms with Crippen molar-refractivity contribution in [2.24, 2.45) is 5.84 Å². The number of amides is 1. The van der Waals surface area contributed by atoms with Crippen molar-refractivity contribution < 1.29 is 9.18 Å². The highest BCUT2D eigenvalue weighted by Crippen LogP contribution is 2.18. The molecule has 2 rings (SSSR count). The molecule has 0 unspecified atom stereocenters. The van der Waals surface area contributed by atoms with E-state index >= 15 is 0 Å². The average Bonchev–Trinajstić information content (AvgIpc) is 2.91. The molecule has 6 nitrogen and oxygen atoms in total. The maximum Gasteiger partial charge on any atom is 0.253 e. The number of carbonyl (C=O) groups excluding carboxylic acids is 1. The maximum atomic E-state index is 13.4. The Labute approximate surface area is 109 Å². The molecule has 0 aliphatic carbocycles. The fourth-order valence-electron chi connectivity index (χ4n) is 1.67. The summed E-state index contributed by atoms with van der Waals surface area (Å²) >= 11 is 0. The summed E-state index contributed by atoms with van der Waals surface area (Å²) in [4.78, 5) is 15.8. The molecule has 0 atom stereocenters. The molecule has 7 heteroatoms. The summed E-state index contributed by atoms with van der Waals surface area (Å²) in [6.45, 7) is 1.00. The van der Waals surface area contributed by atoms with Gasteiger partial charge < -0.3 is 15.3 Å². The van der Waals surface area contributed by atoms with Gasteiger partial charge in [-0.1, -0.05) is 6.07 Å². The van der Waals surface area contributed by atoms with Crippen LogP contribution in [0, 0.1) is 5.82 Å². The van der Waals surface area contributed by atoms with Gasteiger partial charge in [0.05, 0.1) is 17.6 Å². The second kappa shape index (κ2) is 5.96. The number of aromatic nitrogens is 2. The van der Waals surface area contributed by atoms with Crippen LogP contribution >= 0.6 is 0 Å². The molecule has 4 N–H and O–H groups in total. The van der Waals surface area contributed by atoms with Gasteiger partial charge >= 0.3 is 0 Å². The fraction of sp³-hybridized carbons (Fsp3) is 0.167. The maximum absolute atomic E-state index is 13.4. The normalized spacial score (nSPS) is 10.2. The molecule has 0 saturated carbocycles. The third-order valence-electron chi connectivity index (χ3n) is 2.62. The molecule has 1 heterocycles. The van der Waals surface area contributed by atoms with E-state index in [1.54, 1.807) is 18.7 Å². The van der Waals surface area contributed by atoms with Crippen LogP contribution in [-0.4, -0.2) is 22.0 Å². The Morgan fingerprint density at radius 3 is 3.00 bits per heavy atom. The van der Waals surface area contributed by atoms with Crippen LogP contribution < -0.4 is 16.6 Å². The van der Waals surface area contributed by atoms with Gasteiger partial charge in [0, 0.05) is 25.5 Å². The van der Waals surface area contributed by atoms with E-state index in [0.29, 0.717) is 13.1 Å². The standard InChI is InChI=1S/C12H14FN5O/c13-10-3-1-2-9(11(10)17-14)12(19)16-5-7-18-6-4-15-8-18/h1-4,6,8,17H,5,7,14H2,(H,16,19). The minimum absolute atomic E-state index is 0.0115. The van der Waals surface area contributed by atoms with Crippen molar-refractivity contribution in [2.45, 2.75) is 6.54 Å². The summed E-state index contributed by atoms with van der Waals surface area (Å²) in [5.74, 6) is 4.27. The number of hydrogen-bond acceptors (Lipinski definition) is 4. The Morgan fingerprint density at radius 1 is 1.47 bits per heavy atom. The number of nitrogens with zero attached hydrogens (tertiary/aromatic N) is 2. The summed E-state index contributed by atoms with van der Waals surface area (Å²) in [7, 11) is 0. The first-order valence-corrected chi connectivity index (χ1v) is 5.71. The summed E-state index contributed by atoms with van der Waals surface area (Å²) in [6.07, 6.45) is 5.10. The lowest BCUT2D eigenvalue weighted by Gasteiger charge is -2.10. The lowest BCUT2D eigenvalue weighted by Crippen LogP contribution is -2.28. The molecule has 0 radical (unpaired) electrons. The van der Waals surface area contributed by atoms with Gasteiger partial charge in [-0.3, -0.25) is 10.6 Å². The molecule has 0 aliphatic heterocycles. The topological polar surface area (TPSA) is 85.0 Å². The Balaban J connectivity index is 1.98.